The Balaban J connectivity index is 2.05. The smallest absolute Gasteiger partial charge is 0.309 e. The topological polar surface area (TPSA) is 67.4 Å². The third kappa shape index (κ3) is 1.97. The van der Waals surface area contributed by atoms with E-state index < -0.39 is 11.8 Å². The number of piperazine rings is 1. The normalized spacial score (nSPS) is 33.4. The molecule has 0 radical (unpaired) electrons. The summed E-state index contributed by atoms with van der Waals surface area (Å²) in [4.78, 5) is 22.3. The van der Waals surface area contributed by atoms with Gasteiger partial charge in [-0.05, 0) is 25.7 Å². The Morgan fingerprint density at radius 1 is 1.27 bits per heavy atom. The molecule has 2 saturated heterocycles. The maximum Gasteiger partial charge on any atom is 0.309 e. The first-order chi connectivity index (χ1) is 7.12. The SMILES string of the molecule is CC1(C2CCOCC2)CNC(=O)C(=O)N1. The van der Waals surface area contributed by atoms with Crippen molar-refractivity contribution in [3.63, 3.8) is 0 Å². The molecule has 0 spiro atoms. The van der Waals surface area contributed by atoms with Crippen LogP contribution in [0, 0.1) is 5.92 Å². The van der Waals surface area contributed by atoms with Crippen LogP contribution in [0.25, 0.3) is 0 Å². The van der Waals surface area contributed by atoms with Gasteiger partial charge in [0.15, 0.2) is 0 Å². The molecule has 2 heterocycles. The van der Waals surface area contributed by atoms with E-state index in [1.807, 2.05) is 6.92 Å². The molecule has 5 nitrogen and oxygen atoms in total. The zero-order chi connectivity index (χ0) is 10.9. The molecule has 0 saturated carbocycles. The molecule has 1 atom stereocenters. The summed E-state index contributed by atoms with van der Waals surface area (Å²) >= 11 is 0. The molecule has 0 bridgehead atoms. The van der Waals surface area contributed by atoms with Crippen molar-refractivity contribution in [3.8, 4) is 0 Å². The molecule has 5 heteroatoms. The second-order valence-electron chi connectivity index (χ2n) is 4.44. The van der Waals surface area contributed by atoms with Crippen LogP contribution in [0.3, 0.4) is 0 Å². The summed E-state index contributed by atoms with van der Waals surface area (Å²) in [6.07, 6.45) is 1.87. The highest BCUT2D eigenvalue weighted by atomic mass is 16.5. The van der Waals surface area contributed by atoms with E-state index >= 15 is 0 Å². The van der Waals surface area contributed by atoms with E-state index in [-0.39, 0.29) is 5.54 Å². The minimum Gasteiger partial charge on any atom is -0.381 e. The quantitative estimate of drug-likeness (QED) is 0.571. The summed E-state index contributed by atoms with van der Waals surface area (Å²) < 4.78 is 5.28. The fraction of sp³-hybridized carbons (Fsp3) is 0.800. The van der Waals surface area contributed by atoms with Crippen LogP contribution in [0.1, 0.15) is 19.8 Å². The minimum atomic E-state index is -0.528. The van der Waals surface area contributed by atoms with Gasteiger partial charge in [0.2, 0.25) is 0 Å². The molecule has 0 aromatic rings. The van der Waals surface area contributed by atoms with Crippen molar-refractivity contribution in [3.05, 3.63) is 0 Å². The molecule has 2 aliphatic heterocycles. The molecule has 84 valence electrons. The number of rotatable bonds is 1. The summed E-state index contributed by atoms with van der Waals surface area (Å²) in [5.41, 5.74) is -0.311. The Hall–Kier alpha value is -1.10. The molecule has 0 aliphatic carbocycles. The molecule has 1 unspecified atom stereocenters. The summed E-state index contributed by atoms with van der Waals surface area (Å²) in [5, 5.41) is 5.43. The van der Waals surface area contributed by atoms with Gasteiger partial charge in [0, 0.05) is 19.8 Å². The summed E-state index contributed by atoms with van der Waals surface area (Å²) in [6.45, 7) is 3.98. The predicted molar refractivity (Wildman–Crippen MR) is 53.1 cm³/mol. The second-order valence-corrected chi connectivity index (χ2v) is 4.44. The second kappa shape index (κ2) is 3.81. The Bertz CT molecular complexity index is 286. The molecular weight excluding hydrogens is 196 g/mol. The minimum absolute atomic E-state index is 0.311. The van der Waals surface area contributed by atoms with Gasteiger partial charge < -0.3 is 15.4 Å². The maximum absolute atomic E-state index is 11.3. The van der Waals surface area contributed by atoms with Crippen molar-refractivity contribution in [2.75, 3.05) is 19.8 Å². The first kappa shape index (κ1) is 10.4. The third-order valence-corrected chi connectivity index (χ3v) is 3.34. The zero-order valence-corrected chi connectivity index (χ0v) is 8.84. The number of nitrogens with one attached hydrogen (secondary N) is 2. The van der Waals surface area contributed by atoms with Crippen LogP contribution in [-0.4, -0.2) is 37.1 Å². The summed E-state index contributed by atoms with van der Waals surface area (Å²) in [6, 6.07) is 0. The van der Waals surface area contributed by atoms with Gasteiger partial charge in [0.1, 0.15) is 0 Å². The van der Waals surface area contributed by atoms with Gasteiger partial charge in [0.25, 0.3) is 0 Å². The lowest BCUT2D eigenvalue weighted by molar-refractivity contribution is -0.144. The lowest BCUT2D eigenvalue weighted by Gasteiger charge is -2.42. The number of carbonyl (C=O) groups is 2. The van der Waals surface area contributed by atoms with E-state index in [4.69, 9.17) is 4.74 Å². The maximum atomic E-state index is 11.3. The van der Waals surface area contributed by atoms with Gasteiger partial charge >= 0.3 is 11.8 Å². The van der Waals surface area contributed by atoms with Gasteiger partial charge in [-0.15, -0.1) is 0 Å². The molecule has 2 rings (SSSR count). The van der Waals surface area contributed by atoms with Gasteiger partial charge in [0.05, 0.1) is 5.54 Å². The van der Waals surface area contributed by atoms with Gasteiger partial charge in [-0.3, -0.25) is 9.59 Å². The molecule has 2 amide bonds. The first-order valence-electron chi connectivity index (χ1n) is 5.30. The van der Waals surface area contributed by atoms with Crippen molar-refractivity contribution in [1.82, 2.24) is 10.6 Å². The first-order valence-corrected chi connectivity index (χ1v) is 5.30. The Labute approximate surface area is 88.5 Å². The van der Waals surface area contributed by atoms with Crippen LogP contribution in [0.4, 0.5) is 0 Å². The Morgan fingerprint density at radius 2 is 1.93 bits per heavy atom. The molecular formula is C10H16N2O3. The van der Waals surface area contributed by atoms with E-state index in [0.29, 0.717) is 12.5 Å². The van der Waals surface area contributed by atoms with Gasteiger partial charge in [-0.2, -0.15) is 0 Å². The number of ether oxygens (including phenoxy) is 1. The summed E-state index contributed by atoms with van der Waals surface area (Å²) in [7, 11) is 0. The van der Waals surface area contributed by atoms with Crippen molar-refractivity contribution >= 4 is 11.8 Å². The van der Waals surface area contributed by atoms with Crippen molar-refractivity contribution in [2.24, 2.45) is 5.92 Å². The van der Waals surface area contributed by atoms with E-state index in [0.717, 1.165) is 26.1 Å². The van der Waals surface area contributed by atoms with Crippen molar-refractivity contribution < 1.29 is 14.3 Å². The average Bonchev–Trinajstić information content (AvgIpc) is 2.26. The van der Waals surface area contributed by atoms with Crippen molar-refractivity contribution in [1.29, 1.82) is 0 Å². The number of hydrogen-bond acceptors (Lipinski definition) is 3. The van der Waals surface area contributed by atoms with Crippen LogP contribution in [0.2, 0.25) is 0 Å². The standard InChI is InChI=1S/C10H16N2O3/c1-10(7-2-4-15-5-3-7)6-11-8(13)9(14)12-10/h7H,2-6H2,1H3,(H,11,13)(H,12,14). The molecule has 15 heavy (non-hydrogen) atoms. The van der Waals surface area contributed by atoms with Crippen LogP contribution >= 0.6 is 0 Å². The lowest BCUT2D eigenvalue weighted by Crippen LogP contribution is -2.66. The highest BCUT2D eigenvalue weighted by molar-refractivity contribution is 6.35. The number of amides is 2. The largest absolute Gasteiger partial charge is 0.381 e. The zero-order valence-electron chi connectivity index (χ0n) is 8.84. The van der Waals surface area contributed by atoms with Gasteiger partial charge in [-0.25, -0.2) is 0 Å². The van der Waals surface area contributed by atoms with E-state index in [1.54, 1.807) is 0 Å². The van der Waals surface area contributed by atoms with E-state index in [2.05, 4.69) is 10.6 Å². The fourth-order valence-electron chi connectivity index (χ4n) is 2.29. The van der Waals surface area contributed by atoms with Crippen LogP contribution in [0.15, 0.2) is 0 Å². The van der Waals surface area contributed by atoms with Crippen molar-refractivity contribution in [2.45, 2.75) is 25.3 Å². The van der Waals surface area contributed by atoms with E-state index in [1.165, 1.54) is 0 Å². The fourth-order valence-corrected chi connectivity index (χ4v) is 2.29. The van der Waals surface area contributed by atoms with E-state index in [9.17, 15) is 9.59 Å². The monoisotopic (exact) mass is 212 g/mol. The average molecular weight is 212 g/mol. The molecule has 2 aliphatic rings. The number of carbonyl (C=O) groups excluding carboxylic acids is 2. The number of hydrogen-bond donors (Lipinski definition) is 2. The van der Waals surface area contributed by atoms with Crippen LogP contribution < -0.4 is 10.6 Å². The lowest BCUT2D eigenvalue weighted by atomic mass is 9.79. The predicted octanol–water partition coefficient (Wildman–Crippen LogP) is -0.582. The highest BCUT2D eigenvalue weighted by Crippen LogP contribution is 2.27. The third-order valence-electron chi connectivity index (χ3n) is 3.34. The summed E-state index contributed by atoms with van der Waals surface area (Å²) in [5.74, 6) is -0.662. The highest BCUT2D eigenvalue weighted by Gasteiger charge is 2.41. The van der Waals surface area contributed by atoms with Crippen LogP contribution in [-0.2, 0) is 14.3 Å². The molecule has 0 aromatic carbocycles. The van der Waals surface area contributed by atoms with Gasteiger partial charge in [-0.1, -0.05) is 0 Å². The van der Waals surface area contributed by atoms with Crippen LogP contribution in [0.5, 0.6) is 0 Å². The molecule has 0 aromatic heterocycles. The Kier molecular flexibility index (Phi) is 2.65. The Morgan fingerprint density at radius 3 is 2.53 bits per heavy atom. The molecule has 2 N–H and O–H groups in total. The molecule has 2 fully saturated rings.